The summed E-state index contributed by atoms with van der Waals surface area (Å²) in [7, 11) is 0. The highest BCUT2D eigenvalue weighted by Crippen LogP contribution is 2.23. The molecule has 0 saturated carbocycles. The second-order valence-corrected chi connectivity index (χ2v) is 5.05. The third-order valence-electron chi connectivity index (χ3n) is 2.20. The van der Waals surface area contributed by atoms with Crippen molar-refractivity contribution in [1.29, 1.82) is 0 Å². The average Bonchev–Trinajstić information content (AvgIpc) is 2.63. The minimum absolute atomic E-state index is 0.625. The maximum Gasteiger partial charge on any atom is 0.126 e. The van der Waals surface area contributed by atoms with Gasteiger partial charge >= 0.3 is 0 Å². The molecular formula is C11H11ClN2S. The second-order valence-electron chi connectivity index (χ2n) is 3.25. The van der Waals surface area contributed by atoms with Crippen LogP contribution >= 0.6 is 22.9 Å². The number of aryl methyl sites for hydroxylation is 2. The zero-order chi connectivity index (χ0) is 10.7. The minimum atomic E-state index is 0.625. The third-order valence-corrected chi connectivity index (χ3v) is 3.49. The van der Waals surface area contributed by atoms with E-state index < -0.39 is 0 Å². The number of nitrogens with two attached hydrogens (primary N) is 1. The molecule has 0 spiro atoms. The fourth-order valence-electron chi connectivity index (χ4n) is 1.41. The van der Waals surface area contributed by atoms with Crippen LogP contribution in [0.2, 0.25) is 4.34 Å². The number of pyridine rings is 1. The van der Waals surface area contributed by atoms with Crippen molar-refractivity contribution >= 4 is 28.8 Å². The third kappa shape index (κ3) is 2.70. The van der Waals surface area contributed by atoms with Gasteiger partial charge in [-0.3, -0.25) is 0 Å². The molecule has 0 amide bonds. The summed E-state index contributed by atoms with van der Waals surface area (Å²) in [5, 5.41) is 0. The molecule has 2 nitrogen and oxygen atoms in total. The topological polar surface area (TPSA) is 38.9 Å². The first-order valence-electron chi connectivity index (χ1n) is 4.69. The maximum absolute atomic E-state index is 5.85. The molecule has 2 rings (SSSR count). The van der Waals surface area contributed by atoms with E-state index in [0.717, 1.165) is 22.7 Å². The molecule has 0 unspecified atom stereocenters. The van der Waals surface area contributed by atoms with Gasteiger partial charge in [0, 0.05) is 11.1 Å². The van der Waals surface area contributed by atoms with Gasteiger partial charge in [0.25, 0.3) is 0 Å². The van der Waals surface area contributed by atoms with Crippen LogP contribution in [0.3, 0.4) is 0 Å². The molecule has 2 heterocycles. The lowest BCUT2D eigenvalue weighted by atomic mass is 10.1. The quantitative estimate of drug-likeness (QED) is 0.892. The van der Waals surface area contributed by atoms with Gasteiger partial charge in [0.15, 0.2) is 0 Å². The van der Waals surface area contributed by atoms with E-state index in [1.807, 2.05) is 18.2 Å². The minimum Gasteiger partial charge on any atom is -0.383 e. The first-order chi connectivity index (χ1) is 7.25. The van der Waals surface area contributed by atoms with Crippen LogP contribution < -0.4 is 5.73 Å². The molecule has 2 N–H and O–H groups in total. The number of nitrogen functional groups attached to an aromatic ring is 1. The molecule has 0 atom stereocenters. The largest absolute Gasteiger partial charge is 0.383 e. The highest BCUT2D eigenvalue weighted by Gasteiger charge is 2.02. The highest BCUT2D eigenvalue weighted by atomic mass is 35.5. The van der Waals surface area contributed by atoms with Crippen molar-refractivity contribution in [1.82, 2.24) is 4.98 Å². The van der Waals surface area contributed by atoms with Gasteiger partial charge in [-0.05, 0) is 36.6 Å². The normalized spacial score (nSPS) is 10.5. The monoisotopic (exact) mass is 238 g/mol. The molecule has 0 bridgehead atoms. The van der Waals surface area contributed by atoms with Crippen LogP contribution in [-0.4, -0.2) is 4.98 Å². The Morgan fingerprint density at radius 1 is 1.27 bits per heavy atom. The number of halogens is 1. The Hall–Kier alpha value is -1.06. The lowest BCUT2D eigenvalue weighted by Crippen LogP contribution is -1.98. The highest BCUT2D eigenvalue weighted by molar-refractivity contribution is 7.16. The zero-order valence-electron chi connectivity index (χ0n) is 8.11. The van der Waals surface area contributed by atoms with E-state index in [1.165, 1.54) is 4.88 Å². The van der Waals surface area contributed by atoms with Crippen LogP contribution in [0, 0.1) is 0 Å². The van der Waals surface area contributed by atoms with Gasteiger partial charge in [-0.15, -0.1) is 11.3 Å². The summed E-state index contributed by atoms with van der Waals surface area (Å²) in [6.45, 7) is 0. The standard InChI is InChI=1S/C11H11ClN2S/c12-10-6-5-9(15-10)4-3-8-2-1-7-14-11(8)13/h1-2,5-7H,3-4H2,(H2,13,14). The maximum atomic E-state index is 5.85. The summed E-state index contributed by atoms with van der Waals surface area (Å²) in [4.78, 5) is 5.33. The van der Waals surface area contributed by atoms with Crippen LogP contribution in [0.4, 0.5) is 5.82 Å². The number of nitrogens with zero attached hydrogens (tertiary/aromatic N) is 1. The van der Waals surface area contributed by atoms with Gasteiger partial charge in [0.2, 0.25) is 0 Å². The summed E-state index contributed by atoms with van der Waals surface area (Å²) in [5.41, 5.74) is 6.86. The van der Waals surface area contributed by atoms with Crippen molar-refractivity contribution in [2.45, 2.75) is 12.8 Å². The van der Waals surface area contributed by atoms with E-state index in [2.05, 4.69) is 11.1 Å². The fraction of sp³-hybridized carbons (Fsp3) is 0.182. The summed E-state index contributed by atoms with van der Waals surface area (Å²) < 4.78 is 0.837. The lowest BCUT2D eigenvalue weighted by Gasteiger charge is -2.02. The fourth-order valence-corrected chi connectivity index (χ4v) is 2.49. The first-order valence-corrected chi connectivity index (χ1v) is 5.89. The molecule has 0 aliphatic rings. The summed E-state index contributed by atoms with van der Waals surface area (Å²) in [6.07, 6.45) is 3.59. The van der Waals surface area contributed by atoms with Crippen molar-refractivity contribution in [2.75, 3.05) is 5.73 Å². The van der Waals surface area contributed by atoms with Crippen molar-refractivity contribution in [2.24, 2.45) is 0 Å². The molecule has 0 aromatic carbocycles. The van der Waals surface area contributed by atoms with E-state index in [1.54, 1.807) is 17.5 Å². The Morgan fingerprint density at radius 3 is 2.80 bits per heavy atom. The first kappa shape index (κ1) is 10.5. The molecule has 0 aliphatic heterocycles. The Bertz CT molecular complexity index is 453. The molecule has 0 aliphatic carbocycles. The van der Waals surface area contributed by atoms with Crippen molar-refractivity contribution in [3.05, 3.63) is 45.2 Å². The molecule has 0 fully saturated rings. The number of anilines is 1. The van der Waals surface area contributed by atoms with Crippen LogP contribution in [0.15, 0.2) is 30.5 Å². The zero-order valence-corrected chi connectivity index (χ0v) is 9.68. The van der Waals surface area contributed by atoms with Gasteiger partial charge < -0.3 is 5.73 Å². The van der Waals surface area contributed by atoms with Gasteiger partial charge in [0.05, 0.1) is 4.34 Å². The van der Waals surface area contributed by atoms with E-state index in [0.29, 0.717) is 5.82 Å². The molecule has 15 heavy (non-hydrogen) atoms. The number of aromatic nitrogens is 1. The van der Waals surface area contributed by atoms with E-state index in [-0.39, 0.29) is 0 Å². The molecular weight excluding hydrogens is 228 g/mol. The van der Waals surface area contributed by atoms with Crippen LogP contribution in [0.1, 0.15) is 10.4 Å². The number of rotatable bonds is 3. The van der Waals surface area contributed by atoms with Crippen molar-refractivity contribution < 1.29 is 0 Å². The molecule has 0 radical (unpaired) electrons. The predicted octanol–water partition coefficient (Wildman–Crippen LogP) is 3.16. The average molecular weight is 239 g/mol. The Labute approximate surface area is 97.7 Å². The Morgan fingerprint density at radius 2 is 2.13 bits per heavy atom. The van der Waals surface area contributed by atoms with Gasteiger partial charge in [-0.2, -0.15) is 0 Å². The molecule has 4 heteroatoms. The van der Waals surface area contributed by atoms with Gasteiger partial charge in [-0.25, -0.2) is 4.98 Å². The predicted molar refractivity (Wildman–Crippen MR) is 65.4 cm³/mol. The molecule has 2 aromatic heterocycles. The number of hydrogen-bond donors (Lipinski definition) is 1. The molecule has 2 aromatic rings. The summed E-state index contributed by atoms with van der Waals surface area (Å²) in [6, 6.07) is 7.90. The van der Waals surface area contributed by atoms with E-state index >= 15 is 0 Å². The second kappa shape index (κ2) is 4.64. The van der Waals surface area contributed by atoms with Crippen LogP contribution in [-0.2, 0) is 12.8 Å². The van der Waals surface area contributed by atoms with Crippen molar-refractivity contribution in [3.63, 3.8) is 0 Å². The smallest absolute Gasteiger partial charge is 0.126 e. The number of hydrogen-bond acceptors (Lipinski definition) is 3. The van der Waals surface area contributed by atoms with E-state index in [9.17, 15) is 0 Å². The Kier molecular flexibility index (Phi) is 3.23. The lowest BCUT2D eigenvalue weighted by molar-refractivity contribution is 0.974. The SMILES string of the molecule is Nc1ncccc1CCc1ccc(Cl)s1. The Balaban J connectivity index is 2.02. The van der Waals surface area contributed by atoms with Crippen LogP contribution in [0.5, 0.6) is 0 Å². The van der Waals surface area contributed by atoms with E-state index in [4.69, 9.17) is 17.3 Å². The summed E-state index contributed by atoms with van der Waals surface area (Å²) in [5.74, 6) is 0.625. The molecule has 78 valence electrons. The molecule has 0 saturated heterocycles. The van der Waals surface area contributed by atoms with Crippen molar-refractivity contribution in [3.8, 4) is 0 Å². The summed E-state index contributed by atoms with van der Waals surface area (Å²) >= 11 is 7.47. The van der Waals surface area contributed by atoms with Gasteiger partial charge in [0.1, 0.15) is 5.82 Å². The van der Waals surface area contributed by atoms with Gasteiger partial charge in [-0.1, -0.05) is 17.7 Å². The number of thiophene rings is 1. The van der Waals surface area contributed by atoms with Crippen LogP contribution in [0.25, 0.3) is 0 Å².